The Morgan fingerprint density at radius 2 is 2.10 bits per heavy atom. The van der Waals surface area contributed by atoms with Crippen molar-refractivity contribution >= 4 is 15.9 Å². The number of hydrogen-bond acceptors (Lipinski definition) is 2. The van der Waals surface area contributed by atoms with E-state index in [-0.39, 0.29) is 0 Å². The van der Waals surface area contributed by atoms with Gasteiger partial charge in [0.25, 0.3) is 0 Å². The van der Waals surface area contributed by atoms with E-state index in [1.807, 2.05) is 0 Å². The Bertz CT molecular complexity index is 91.6. The maximum atomic E-state index is 3.64. The van der Waals surface area contributed by atoms with Gasteiger partial charge in [-0.3, -0.25) is 4.90 Å². The fraction of sp³-hybridized carbons (Fsp3) is 1.00. The third-order valence-corrected chi connectivity index (χ3v) is 3.11. The lowest BCUT2D eigenvalue weighted by Gasteiger charge is -2.30. The predicted molar refractivity (Wildman–Crippen MR) is 47.4 cm³/mol. The maximum Gasteiger partial charge on any atom is 0.0653 e. The first-order valence-corrected chi connectivity index (χ1v) is 4.85. The monoisotopic (exact) mass is 206 g/mol. The molecule has 0 radical (unpaired) electrons. The van der Waals surface area contributed by atoms with Crippen LogP contribution in [0.1, 0.15) is 13.3 Å². The van der Waals surface area contributed by atoms with E-state index in [0.29, 0.717) is 4.95 Å². The molecule has 0 aromatic heterocycles. The normalized spacial score (nSPS) is 24.6. The van der Waals surface area contributed by atoms with Gasteiger partial charge < -0.3 is 5.32 Å². The SMILES string of the molecule is CCC(Br)N1CCNCC1. The molecule has 0 amide bonds. The molecule has 1 saturated heterocycles. The summed E-state index contributed by atoms with van der Waals surface area (Å²) in [6.45, 7) is 6.86. The molecule has 0 saturated carbocycles. The minimum atomic E-state index is 0.592. The molecule has 0 bridgehead atoms. The second kappa shape index (κ2) is 4.31. The Morgan fingerprint density at radius 3 is 2.60 bits per heavy atom. The summed E-state index contributed by atoms with van der Waals surface area (Å²) in [5, 5.41) is 3.33. The molecule has 3 heteroatoms. The van der Waals surface area contributed by atoms with Crippen LogP contribution in [0.15, 0.2) is 0 Å². The predicted octanol–water partition coefficient (Wildman–Crippen LogP) is 1.02. The van der Waals surface area contributed by atoms with Gasteiger partial charge in [-0.1, -0.05) is 22.9 Å². The van der Waals surface area contributed by atoms with Gasteiger partial charge >= 0.3 is 0 Å². The van der Waals surface area contributed by atoms with Crippen molar-refractivity contribution in [3.63, 3.8) is 0 Å². The first-order valence-electron chi connectivity index (χ1n) is 3.93. The summed E-state index contributed by atoms with van der Waals surface area (Å²) in [5.74, 6) is 0. The van der Waals surface area contributed by atoms with Crippen molar-refractivity contribution in [2.24, 2.45) is 0 Å². The minimum absolute atomic E-state index is 0.592. The molecule has 1 atom stereocenters. The quantitative estimate of drug-likeness (QED) is 0.537. The molecule has 0 aromatic carbocycles. The zero-order valence-corrected chi connectivity index (χ0v) is 8.02. The van der Waals surface area contributed by atoms with Gasteiger partial charge in [-0.15, -0.1) is 0 Å². The highest BCUT2D eigenvalue weighted by atomic mass is 79.9. The first-order chi connectivity index (χ1) is 4.84. The van der Waals surface area contributed by atoms with Crippen LogP contribution in [-0.4, -0.2) is 36.0 Å². The van der Waals surface area contributed by atoms with Crippen molar-refractivity contribution in [1.82, 2.24) is 10.2 Å². The average Bonchev–Trinajstić information content (AvgIpc) is 2.05. The summed E-state index contributed by atoms with van der Waals surface area (Å²) in [7, 11) is 0. The second-order valence-corrected chi connectivity index (χ2v) is 3.69. The van der Waals surface area contributed by atoms with Gasteiger partial charge in [0, 0.05) is 26.2 Å². The Balaban J connectivity index is 2.24. The summed E-state index contributed by atoms with van der Waals surface area (Å²) in [5.41, 5.74) is 0. The maximum absolute atomic E-state index is 3.64. The fourth-order valence-corrected chi connectivity index (χ4v) is 1.63. The van der Waals surface area contributed by atoms with Crippen LogP contribution in [0.5, 0.6) is 0 Å². The highest BCUT2D eigenvalue weighted by molar-refractivity contribution is 9.09. The number of rotatable bonds is 2. The summed E-state index contributed by atoms with van der Waals surface area (Å²) in [6.07, 6.45) is 1.19. The number of alkyl halides is 1. The van der Waals surface area contributed by atoms with Gasteiger partial charge in [0.1, 0.15) is 0 Å². The Hall–Kier alpha value is 0.400. The van der Waals surface area contributed by atoms with Gasteiger partial charge in [0.05, 0.1) is 4.95 Å². The molecular formula is C7H15BrN2. The number of piperazine rings is 1. The minimum Gasteiger partial charge on any atom is -0.314 e. The van der Waals surface area contributed by atoms with Crippen LogP contribution in [0, 0.1) is 0 Å². The lowest BCUT2D eigenvalue weighted by Crippen LogP contribution is -2.46. The highest BCUT2D eigenvalue weighted by Gasteiger charge is 2.14. The highest BCUT2D eigenvalue weighted by Crippen LogP contribution is 2.11. The van der Waals surface area contributed by atoms with Crippen LogP contribution >= 0.6 is 15.9 Å². The van der Waals surface area contributed by atoms with Crippen molar-refractivity contribution in [3.05, 3.63) is 0 Å². The largest absolute Gasteiger partial charge is 0.314 e. The zero-order valence-electron chi connectivity index (χ0n) is 6.44. The van der Waals surface area contributed by atoms with Gasteiger partial charge in [-0.2, -0.15) is 0 Å². The number of nitrogens with zero attached hydrogens (tertiary/aromatic N) is 1. The molecule has 1 unspecified atom stereocenters. The van der Waals surface area contributed by atoms with Crippen LogP contribution in [0.2, 0.25) is 0 Å². The Kier molecular flexibility index (Phi) is 3.66. The number of nitrogens with one attached hydrogen (secondary N) is 1. The van der Waals surface area contributed by atoms with Crippen molar-refractivity contribution in [2.75, 3.05) is 26.2 Å². The van der Waals surface area contributed by atoms with Crippen LogP contribution in [0.3, 0.4) is 0 Å². The summed E-state index contributed by atoms with van der Waals surface area (Å²) < 4.78 is 0. The number of hydrogen-bond donors (Lipinski definition) is 1. The Labute approximate surface area is 71.1 Å². The Morgan fingerprint density at radius 1 is 1.50 bits per heavy atom. The third-order valence-electron chi connectivity index (χ3n) is 1.88. The van der Waals surface area contributed by atoms with E-state index in [1.165, 1.54) is 19.5 Å². The topological polar surface area (TPSA) is 15.3 Å². The molecule has 1 fully saturated rings. The zero-order chi connectivity index (χ0) is 7.40. The molecule has 60 valence electrons. The summed E-state index contributed by atoms with van der Waals surface area (Å²) >= 11 is 3.64. The van der Waals surface area contributed by atoms with E-state index in [2.05, 4.69) is 33.1 Å². The molecule has 0 aromatic rings. The van der Waals surface area contributed by atoms with E-state index in [1.54, 1.807) is 0 Å². The molecule has 2 nitrogen and oxygen atoms in total. The van der Waals surface area contributed by atoms with Crippen molar-refractivity contribution < 1.29 is 0 Å². The second-order valence-electron chi connectivity index (χ2n) is 2.63. The van der Waals surface area contributed by atoms with Gasteiger partial charge in [0.2, 0.25) is 0 Å². The van der Waals surface area contributed by atoms with E-state index >= 15 is 0 Å². The molecule has 0 spiro atoms. The standard InChI is InChI=1S/C7H15BrN2/c1-2-7(8)10-5-3-9-4-6-10/h7,9H,2-6H2,1H3. The van der Waals surface area contributed by atoms with E-state index in [9.17, 15) is 0 Å². The molecule has 1 aliphatic rings. The molecule has 1 aliphatic heterocycles. The van der Waals surface area contributed by atoms with Crippen LogP contribution in [0.4, 0.5) is 0 Å². The van der Waals surface area contributed by atoms with E-state index < -0.39 is 0 Å². The van der Waals surface area contributed by atoms with Gasteiger partial charge in [-0.25, -0.2) is 0 Å². The summed E-state index contributed by atoms with van der Waals surface area (Å²) in [4.78, 5) is 3.06. The lowest BCUT2D eigenvalue weighted by molar-refractivity contribution is 0.225. The molecule has 0 aliphatic carbocycles. The molecule has 1 heterocycles. The molecule has 1 N–H and O–H groups in total. The van der Waals surface area contributed by atoms with E-state index in [0.717, 1.165) is 13.1 Å². The van der Waals surface area contributed by atoms with Gasteiger partial charge in [-0.05, 0) is 6.42 Å². The van der Waals surface area contributed by atoms with Crippen molar-refractivity contribution in [1.29, 1.82) is 0 Å². The average molecular weight is 207 g/mol. The fourth-order valence-electron chi connectivity index (χ4n) is 1.22. The molecule has 10 heavy (non-hydrogen) atoms. The first kappa shape index (κ1) is 8.50. The third kappa shape index (κ3) is 2.22. The molecule has 1 rings (SSSR count). The molecular weight excluding hydrogens is 192 g/mol. The van der Waals surface area contributed by atoms with E-state index in [4.69, 9.17) is 0 Å². The number of halogens is 1. The lowest BCUT2D eigenvalue weighted by atomic mass is 10.3. The van der Waals surface area contributed by atoms with Crippen LogP contribution in [-0.2, 0) is 0 Å². The van der Waals surface area contributed by atoms with Crippen LogP contribution < -0.4 is 5.32 Å². The smallest absolute Gasteiger partial charge is 0.0653 e. The van der Waals surface area contributed by atoms with Crippen molar-refractivity contribution in [3.8, 4) is 0 Å². The van der Waals surface area contributed by atoms with Crippen molar-refractivity contribution in [2.45, 2.75) is 18.3 Å². The van der Waals surface area contributed by atoms with Crippen LogP contribution in [0.25, 0.3) is 0 Å². The van der Waals surface area contributed by atoms with Gasteiger partial charge in [0.15, 0.2) is 0 Å². The summed E-state index contributed by atoms with van der Waals surface area (Å²) in [6, 6.07) is 0.